The molecule has 94 valence electrons. The van der Waals surface area contributed by atoms with Gasteiger partial charge < -0.3 is 20.1 Å². The minimum Gasteiger partial charge on any atom is -0.376 e. The summed E-state index contributed by atoms with van der Waals surface area (Å²) >= 11 is 1.21. The van der Waals surface area contributed by atoms with Gasteiger partial charge in [0.1, 0.15) is 0 Å². The minimum atomic E-state index is -0.238. The second-order valence-corrected chi connectivity index (χ2v) is 4.42. The quantitative estimate of drug-likeness (QED) is 0.773. The number of hydrogen-bond donors (Lipinski definition) is 2. The number of amides is 1. The SMILES string of the molecule is CNc1nnc(C(=O)NCC2COCCO2)s1. The van der Waals surface area contributed by atoms with Gasteiger partial charge in [0.25, 0.3) is 5.91 Å². The zero-order chi connectivity index (χ0) is 12.1. The van der Waals surface area contributed by atoms with Gasteiger partial charge in [0.15, 0.2) is 0 Å². The number of aromatic nitrogens is 2. The summed E-state index contributed by atoms with van der Waals surface area (Å²) in [6.07, 6.45) is -0.0793. The Bertz CT molecular complexity index is 378. The van der Waals surface area contributed by atoms with Gasteiger partial charge in [-0.25, -0.2) is 0 Å². The standard InChI is InChI=1S/C9H14N4O3S/c1-10-9-13-12-8(17-9)7(14)11-4-6-5-15-2-3-16-6/h6H,2-5H2,1H3,(H,10,13)(H,11,14). The first-order chi connectivity index (χ1) is 8.29. The Morgan fingerprint density at radius 1 is 1.53 bits per heavy atom. The number of ether oxygens (including phenoxy) is 2. The summed E-state index contributed by atoms with van der Waals surface area (Å²) < 4.78 is 10.6. The summed E-state index contributed by atoms with van der Waals surface area (Å²) in [6, 6.07) is 0. The summed E-state index contributed by atoms with van der Waals surface area (Å²) in [6.45, 7) is 2.13. The Labute approximate surface area is 103 Å². The van der Waals surface area contributed by atoms with Crippen LogP contribution in [0.1, 0.15) is 9.80 Å². The molecule has 1 aromatic rings. The Balaban J connectivity index is 1.80. The second kappa shape index (κ2) is 5.89. The molecule has 17 heavy (non-hydrogen) atoms. The van der Waals surface area contributed by atoms with Crippen LogP contribution in [0.2, 0.25) is 0 Å². The number of nitrogens with zero attached hydrogens (tertiary/aromatic N) is 2. The fourth-order valence-electron chi connectivity index (χ4n) is 1.35. The highest BCUT2D eigenvalue weighted by Gasteiger charge is 2.17. The van der Waals surface area contributed by atoms with E-state index in [9.17, 15) is 4.79 Å². The van der Waals surface area contributed by atoms with Gasteiger partial charge in [-0.3, -0.25) is 4.79 Å². The molecule has 0 aliphatic carbocycles. The van der Waals surface area contributed by atoms with Crippen LogP contribution in [0.5, 0.6) is 0 Å². The van der Waals surface area contributed by atoms with Crippen LogP contribution in [0, 0.1) is 0 Å². The average molecular weight is 258 g/mol. The van der Waals surface area contributed by atoms with Crippen molar-refractivity contribution in [2.75, 3.05) is 38.7 Å². The van der Waals surface area contributed by atoms with Crippen molar-refractivity contribution in [1.82, 2.24) is 15.5 Å². The van der Waals surface area contributed by atoms with E-state index in [2.05, 4.69) is 20.8 Å². The maximum atomic E-state index is 11.7. The highest BCUT2D eigenvalue weighted by Crippen LogP contribution is 2.13. The van der Waals surface area contributed by atoms with Gasteiger partial charge in [-0.05, 0) is 0 Å². The van der Waals surface area contributed by atoms with Gasteiger partial charge in [0, 0.05) is 13.6 Å². The third-order valence-corrected chi connectivity index (χ3v) is 3.15. The third-order valence-electron chi connectivity index (χ3n) is 2.21. The molecule has 1 fully saturated rings. The second-order valence-electron chi connectivity index (χ2n) is 3.44. The zero-order valence-corrected chi connectivity index (χ0v) is 10.2. The van der Waals surface area contributed by atoms with Crippen LogP contribution >= 0.6 is 11.3 Å². The number of carbonyl (C=O) groups is 1. The first kappa shape index (κ1) is 12.2. The fourth-order valence-corrected chi connectivity index (χ4v) is 1.97. The van der Waals surface area contributed by atoms with Crippen molar-refractivity contribution in [2.24, 2.45) is 0 Å². The molecule has 0 bridgehead atoms. The minimum absolute atomic E-state index is 0.0793. The van der Waals surface area contributed by atoms with E-state index in [1.165, 1.54) is 11.3 Å². The third kappa shape index (κ3) is 3.35. The van der Waals surface area contributed by atoms with Crippen LogP contribution in [0.4, 0.5) is 5.13 Å². The molecule has 0 aromatic carbocycles. The Morgan fingerprint density at radius 2 is 2.41 bits per heavy atom. The number of rotatable bonds is 4. The van der Waals surface area contributed by atoms with E-state index in [1.807, 2.05) is 0 Å². The molecule has 7 nitrogen and oxygen atoms in total. The smallest absolute Gasteiger partial charge is 0.282 e. The fraction of sp³-hybridized carbons (Fsp3) is 0.667. The van der Waals surface area contributed by atoms with E-state index in [1.54, 1.807) is 7.05 Å². The van der Waals surface area contributed by atoms with Crippen LogP contribution in [0.3, 0.4) is 0 Å². The number of anilines is 1. The van der Waals surface area contributed by atoms with E-state index in [0.29, 0.717) is 36.5 Å². The van der Waals surface area contributed by atoms with E-state index >= 15 is 0 Å². The van der Waals surface area contributed by atoms with Crippen molar-refractivity contribution in [3.8, 4) is 0 Å². The van der Waals surface area contributed by atoms with Crippen LogP contribution < -0.4 is 10.6 Å². The molecular formula is C9H14N4O3S. The lowest BCUT2D eigenvalue weighted by atomic mass is 10.3. The maximum absolute atomic E-state index is 11.7. The van der Waals surface area contributed by atoms with E-state index in [4.69, 9.17) is 9.47 Å². The highest BCUT2D eigenvalue weighted by atomic mass is 32.1. The van der Waals surface area contributed by atoms with Crippen molar-refractivity contribution >= 4 is 22.4 Å². The molecular weight excluding hydrogens is 244 g/mol. The number of nitrogens with one attached hydrogen (secondary N) is 2. The van der Waals surface area contributed by atoms with E-state index < -0.39 is 0 Å². The Kier molecular flexibility index (Phi) is 4.24. The predicted molar refractivity (Wildman–Crippen MR) is 62.3 cm³/mol. The van der Waals surface area contributed by atoms with E-state index in [0.717, 1.165) is 0 Å². The Hall–Kier alpha value is -1.25. The molecule has 2 heterocycles. The highest BCUT2D eigenvalue weighted by molar-refractivity contribution is 7.17. The van der Waals surface area contributed by atoms with Crippen molar-refractivity contribution in [3.05, 3.63) is 5.01 Å². The van der Waals surface area contributed by atoms with Crippen LogP contribution in [0.15, 0.2) is 0 Å². The van der Waals surface area contributed by atoms with Crippen molar-refractivity contribution in [2.45, 2.75) is 6.10 Å². The maximum Gasteiger partial charge on any atom is 0.282 e. The number of carbonyl (C=O) groups excluding carboxylic acids is 1. The van der Waals surface area contributed by atoms with Gasteiger partial charge >= 0.3 is 0 Å². The molecule has 1 saturated heterocycles. The molecule has 0 radical (unpaired) electrons. The molecule has 1 aliphatic heterocycles. The molecule has 1 aromatic heterocycles. The molecule has 1 aliphatic rings. The van der Waals surface area contributed by atoms with Crippen LogP contribution in [-0.4, -0.2) is 55.6 Å². The number of hydrogen-bond acceptors (Lipinski definition) is 7. The molecule has 2 rings (SSSR count). The lowest BCUT2D eigenvalue weighted by Crippen LogP contribution is -2.39. The first-order valence-electron chi connectivity index (χ1n) is 5.28. The molecule has 1 amide bonds. The lowest BCUT2D eigenvalue weighted by molar-refractivity contribution is -0.0855. The van der Waals surface area contributed by atoms with Crippen LogP contribution in [0.25, 0.3) is 0 Å². The average Bonchev–Trinajstić information content (AvgIpc) is 2.86. The normalized spacial score (nSPS) is 19.9. The topological polar surface area (TPSA) is 85.4 Å². The molecule has 1 atom stereocenters. The zero-order valence-electron chi connectivity index (χ0n) is 9.43. The summed E-state index contributed by atoms with van der Waals surface area (Å²) in [5.74, 6) is -0.238. The monoisotopic (exact) mass is 258 g/mol. The van der Waals surface area contributed by atoms with Gasteiger partial charge in [-0.1, -0.05) is 11.3 Å². The van der Waals surface area contributed by atoms with Gasteiger partial charge in [-0.2, -0.15) is 0 Å². The van der Waals surface area contributed by atoms with Crippen molar-refractivity contribution in [1.29, 1.82) is 0 Å². The summed E-state index contributed by atoms with van der Waals surface area (Å²) in [5, 5.41) is 14.1. The van der Waals surface area contributed by atoms with E-state index in [-0.39, 0.29) is 12.0 Å². The summed E-state index contributed by atoms with van der Waals surface area (Å²) in [7, 11) is 1.73. The molecule has 8 heteroatoms. The van der Waals surface area contributed by atoms with Gasteiger partial charge in [0.05, 0.1) is 25.9 Å². The summed E-state index contributed by atoms with van der Waals surface area (Å²) in [5.41, 5.74) is 0. The van der Waals surface area contributed by atoms with Gasteiger partial charge in [0.2, 0.25) is 10.1 Å². The largest absolute Gasteiger partial charge is 0.376 e. The lowest BCUT2D eigenvalue weighted by Gasteiger charge is -2.22. The molecule has 1 unspecified atom stereocenters. The van der Waals surface area contributed by atoms with Gasteiger partial charge in [-0.15, -0.1) is 10.2 Å². The molecule has 0 spiro atoms. The Morgan fingerprint density at radius 3 is 3.06 bits per heavy atom. The van der Waals surface area contributed by atoms with Crippen molar-refractivity contribution < 1.29 is 14.3 Å². The predicted octanol–water partition coefficient (Wildman–Crippen LogP) is -0.275. The van der Waals surface area contributed by atoms with Crippen molar-refractivity contribution in [3.63, 3.8) is 0 Å². The molecule has 0 saturated carbocycles. The summed E-state index contributed by atoms with van der Waals surface area (Å²) in [4.78, 5) is 11.7. The first-order valence-corrected chi connectivity index (χ1v) is 6.10. The molecule has 2 N–H and O–H groups in total. The van der Waals surface area contributed by atoms with Crippen LogP contribution in [-0.2, 0) is 9.47 Å².